The molecule has 0 fully saturated rings. The van der Waals surface area contributed by atoms with Gasteiger partial charge in [0.25, 0.3) is 0 Å². The van der Waals surface area contributed by atoms with Crippen molar-refractivity contribution in [2.24, 2.45) is 4.99 Å². The zero-order chi connectivity index (χ0) is 7.84. The Balaban J connectivity index is 2.32. The van der Waals surface area contributed by atoms with Crippen LogP contribution in [0, 0.1) is 0 Å². The molecular weight excluding hydrogens is 136 g/mol. The lowest BCUT2D eigenvalue weighted by Crippen LogP contribution is -2.17. The van der Waals surface area contributed by atoms with Gasteiger partial charge in [0, 0.05) is 12.7 Å². The topological polar surface area (TPSA) is 15.6 Å². The molecule has 1 atom stereocenters. The Morgan fingerprint density at radius 3 is 3.27 bits per heavy atom. The van der Waals surface area contributed by atoms with Gasteiger partial charge in [0.2, 0.25) is 0 Å². The van der Waals surface area contributed by atoms with E-state index in [9.17, 15) is 0 Å². The van der Waals surface area contributed by atoms with Gasteiger partial charge in [-0.05, 0) is 19.4 Å². The van der Waals surface area contributed by atoms with Gasteiger partial charge in [0.15, 0.2) is 0 Å². The SMILES string of the molecule is CC1=CCC2N=CN(C)C2=C1. The highest BCUT2D eigenvalue weighted by Crippen LogP contribution is 2.25. The maximum absolute atomic E-state index is 4.36. The van der Waals surface area contributed by atoms with Crippen LogP contribution in [0.5, 0.6) is 0 Å². The van der Waals surface area contributed by atoms with Crippen LogP contribution in [0.3, 0.4) is 0 Å². The van der Waals surface area contributed by atoms with E-state index in [1.54, 1.807) is 0 Å². The fourth-order valence-electron chi connectivity index (χ4n) is 1.53. The van der Waals surface area contributed by atoms with E-state index in [1.165, 1.54) is 11.3 Å². The molecule has 11 heavy (non-hydrogen) atoms. The lowest BCUT2D eigenvalue weighted by atomic mass is 10.0. The predicted molar refractivity (Wildman–Crippen MR) is 46.5 cm³/mol. The van der Waals surface area contributed by atoms with E-state index in [1.807, 2.05) is 13.4 Å². The second kappa shape index (κ2) is 2.22. The fraction of sp³-hybridized carbons (Fsp3) is 0.444. The summed E-state index contributed by atoms with van der Waals surface area (Å²) >= 11 is 0. The van der Waals surface area contributed by atoms with Gasteiger partial charge in [-0.3, -0.25) is 4.99 Å². The lowest BCUT2D eigenvalue weighted by molar-refractivity contribution is 0.604. The van der Waals surface area contributed by atoms with Crippen LogP contribution in [0.1, 0.15) is 13.3 Å². The highest BCUT2D eigenvalue weighted by molar-refractivity contribution is 5.64. The highest BCUT2D eigenvalue weighted by atomic mass is 15.2. The van der Waals surface area contributed by atoms with Gasteiger partial charge in [-0.25, -0.2) is 0 Å². The second-order valence-corrected chi connectivity index (χ2v) is 3.14. The third-order valence-electron chi connectivity index (χ3n) is 2.21. The van der Waals surface area contributed by atoms with E-state index in [0.29, 0.717) is 6.04 Å². The number of rotatable bonds is 0. The monoisotopic (exact) mass is 148 g/mol. The molecule has 2 aliphatic rings. The Bertz CT molecular complexity index is 261. The van der Waals surface area contributed by atoms with Gasteiger partial charge in [-0.2, -0.15) is 0 Å². The maximum Gasteiger partial charge on any atom is 0.0951 e. The van der Waals surface area contributed by atoms with Crippen molar-refractivity contribution >= 4 is 6.34 Å². The van der Waals surface area contributed by atoms with Crippen LogP contribution in [0.25, 0.3) is 0 Å². The molecule has 0 aromatic rings. The summed E-state index contributed by atoms with van der Waals surface area (Å²) in [5.74, 6) is 0. The van der Waals surface area contributed by atoms with Gasteiger partial charge in [-0.15, -0.1) is 0 Å². The Kier molecular flexibility index (Phi) is 1.34. The molecule has 2 rings (SSSR count). The third-order valence-corrected chi connectivity index (χ3v) is 2.21. The van der Waals surface area contributed by atoms with Crippen molar-refractivity contribution in [3.8, 4) is 0 Å². The van der Waals surface area contributed by atoms with Crippen molar-refractivity contribution < 1.29 is 0 Å². The summed E-state index contributed by atoms with van der Waals surface area (Å²) in [6.07, 6.45) is 7.42. The van der Waals surface area contributed by atoms with Crippen molar-refractivity contribution in [2.45, 2.75) is 19.4 Å². The van der Waals surface area contributed by atoms with Crippen molar-refractivity contribution in [3.63, 3.8) is 0 Å². The molecule has 1 aliphatic heterocycles. The smallest absolute Gasteiger partial charge is 0.0951 e. The number of hydrogen-bond acceptors (Lipinski definition) is 2. The molecule has 0 spiro atoms. The molecular formula is C9H12N2. The number of nitrogens with zero attached hydrogens (tertiary/aromatic N) is 2. The number of hydrogen-bond donors (Lipinski definition) is 0. The summed E-state index contributed by atoms with van der Waals surface area (Å²) in [5, 5.41) is 0. The highest BCUT2D eigenvalue weighted by Gasteiger charge is 2.22. The first-order chi connectivity index (χ1) is 5.27. The molecule has 2 heteroatoms. The Morgan fingerprint density at radius 2 is 2.45 bits per heavy atom. The Labute approximate surface area is 66.9 Å². The summed E-state index contributed by atoms with van der Waals surface area (Å²) in [7, 11) is 2.05. The molecule has 0 N–H and O–H groups in total. The minimum Gasteiger partial charge on any atom is -0.337 e. The standard InChI is InChI=1S/C9H12N2/c1-7-3-4-8-9(5-7)11(2)6-10-8/h3,5-6,8H,4H2,1-2H3. The van der Waals surface area contributed by atoms with Gasteiger partial charge in [-0.1, -0.05) is 11.6 Å². The van der Waals surface area contributed by atoms with E-state index in [2.05, 4.69) is 29.0 Å². The molecule has 58 valence electrons. The summed E-state index contributed by atoms with van der Waals surface area (Å²) < 4.78 is 0. The van der Waals surface area contributed by atoms with E-state index < -0.39 is 0 Å². The number of likely N-dealkylation sites (N-methyl/N-ethyl adjacent to an activating group) is 1. The molecule has 0 amide bonds. The van der Waals surface area contributed by atoms with Crippen LogP contribution in [0.15, 0.2) is 28.4 Å². The zero-order valence-corrected chi connectivity index (χ0v) is 6.91. The normalized spacial score (nSPS) is 28.2. The summed E-state index contributed by atoms with van der Waals surface area (Å²) in [4.78, 5) is 6.46. The number of aliphatic imine (C=N–C) groups is 1. The zero-order valence-electron chi connectivity index (χ0n) is 6.91. The van der Waals surface area contributed by atoms with Crippen molar-refractivity contribution in [1.29, 1.82) is 0 Å². The van der Waals surface area contributed by atoms with Crippen LogP contribution in [-0.2, 0) is 0 Å². The Hall–Kier alpha value is -1.05. The fourth-order valence-corrected chi connectivity index (χ4v) is 1.53. The van der Waals surface area contributed by atoms with Crippen LogP contribution in [0.2, 0.25) is 0 Å². The lowest BCUT2D eigenvalue weighted by Gasteiger charge is -2.18. The molecule has 0 radical (unpaired) electrons. The molecule has 1 unspecified atom stereocenters. The van der Waals surface area contributed by atoms with E-state index in [4.69, 9.17) is 0 Å². The second-order valence-electron chi connectivity index (χ2n) is 3.14. The van der Waals surface area contributed by atoms with Gasteiger partial charge in [0.05, 0.1) is 12.4 Å². The van der Waals surface area contributed by atoms with Crippen molar-refractivity contribution in [3.05, 3.63) is 23.4 Å². The van der Waals surface area contributed by atoms with Gasteiger partial charge in [0.1, 0.15) is 0 Å². The molecule has 0 aromatic heterocycles. The van der Waals surface area contributed by atoms with E-state index in [-0.39, 0.29) is 0 Å². The average Bonchev–Trinajstić information content (AvgIpc) is 2.33. The van der Waals surface area contributed by atoms with E-state index >= 15 is 0 Å². The average molecular weight is 148 g/mol. The molecule has 0 aromatic carbocycles. The van der Waals surface area contributed by atoms with Crippen LogP contribution < -0.4 is 0 Å². The number of allylic oxidation sites excluding steroid dienone is 2. The molecule has 1 heterocycles. The quantitative estimate of drug-likeness (QED) is 0.509. The minimum absolute atomic E-state index is 0.406. The Morgan fingerprint density at radius 1 is 1.64 bits per heavy atom. The molecule has 0 bridgehead atoms. The van der Waals surface area contributed by atoms with Gasteiger partial charge < -0.3 is 4.90 Å². The first-order valence-electron chi connectivity index (χ1n) is 3.92. The molecule has 1 aliphatic carbocycles. The van der Waals surface area contributed by atoms with Crippen LogP contribution >= 0.6 is 0 Å². The summed E-state index contributed by atoms with van der Waals surface area (Å²) in [5.41, 5.74) is 2.69. The van der Waals surface area contributed by atoms with Crippen molar-refractivity contribution in [1.82, 2.24) is 4.90 Å². The number of fused-ring (bicyclic) bond motifs is 1. The van der Waals surface area contributed by atoms with Crippen LogP contribution in [0.4, 0.5) is 0 Å². The third kappa shape index (κ3) is 0.985. The molecule has 0 saturated heterocycles. The molecule has 0 saturated carbocycles. The maximum atomic E-state index is 4.36. The summed E-state index contributed by atoms with van der Waals surface area (Å²) in [6, 6.07) is 0.406. The van der Waals surface area contributed by atoms with Gasteiger partial charge >= 0.3 is 0 Å². The largest absolute Gasteiger partial charge is 0.337 e. The molecule has 2 nitrogen and oxygen atoms in total. The minimum atomic E-state index is 0.406. The summed E-state index contributed by atoms with van der Waals surface area (Å²) in [6.45, 7) is 2.13. The van der Waals surface area contributed by atoms with E-state index in [0.717, 1.165) is 6.42 Å². The van der Waals surface area contributed by atoms with Crippen molar-refractivity contribution in [2.75, 3.05) is 7.05 Å². The predicted octanol–water partition coefficient (Wildman–Crippen LogP) is 1.56. The first-order valence-corrected chi connectivity index (χ1v) is 3.92. The first kappa shape index (κ1) is 6.65. The van der Waals surface area contributed by atoms with Crippen LogP contribution in [-0.4, -0.2) is 24.3 Å².